The van der Waals surface area contributed by atoms with Crippen LogP contribution in [-0.2, 0) is 9.53 Å². The van der Waals surface area contributed by atoms with Crippen LogP contribution < -0.4 is 0 Å². The number of fused-ring (bicyclic) bond motifs is 5. The maximum absolute atomic E-state index is 11.7. The van der Waals surface area contributed by atoms with Gasteiger partial charge in [-0.15, -0.1) is 0 Å². The third-order valence-corrected chi connectivity index (χ3v) is 8.68. The number of aliphatic hydroxyl groups excluding tert-OH is 1. The van der Waals surface area contributed by atoms with Crippen molar-refractivity contribution in [2.45, 2.75) is 76.6 Å². The number of carbonyl (C=O) groups excluding carboxylic acids is 1. The van der Waals surface area contributed by atoms with Crippen LogP contribution in [0.5, 0.6) is 0 Å². The van der Waals surface area contributed by atoms with Crippen molar-refractivity contribution in [3.05, 3.63) is 0 Å². The Hall–Kier alpha value is -0.650. The van der Waals surface area contributed by atoms with E-state index in [4.69, 9.17) is 4.74 Å². The highest BCUT2D eigenvalue weighted by Gasteiger charge is 2.69. The molecule has 136 valence electrons. The van der Waals surface area contributed by atoms with E-state index in [1.807, 2.05) is 13.8 Å². The van der Waals surface area contributed by atoms with E-state index in [9.17, 15) is 20.1 Å². The average molecular weight is 338 g/mol. The molecule has 0 aromatic heterocycles. The minimum absolute atomic E-state index is 0.0269. The molecular weight excluding hydrogens is 308 g/mol. The van der Waals surface area contributed by atoms with Crippen LogP contribution in [0.1, 0.15) is 59.3 Å². The van der Waals surface area contributed by atoms with Gasteiger partial charge in [-0.1, -0.05) is 13.8 Å². The smallest absolute Gasteiger partial charge is 0.308 e. The molecule has 5 heteroatoms. The lowest BCUT2D eigenvalue weighted by Gasteiger charge is -2.64. The van der Waals surface area contributed by atoms with Crippen LogP contribution >= 0.6 is 0 Å². The highest BCUT2D eigenvalue weighted by molar-refractivity contribution is 5.72. The molecule has 1 aliphatic heterocycles. The van der Waals surface area contributed by atoms with Gasteiger partial charge < -0.3 is 20.1 Å². The standard InChI is InChI=1S/C19H30O5/c1-16-8-13(20)15-11(12(16)5-6-18(16,3)22)4-7-19(23)9-14(21)24-10-17(15,19)2/h11-13,15,20,22-23H,4-10H2,1-3H3/t11-,12-,13-,15+,16-,17+,18-,19+/m0/s1. The van der Waals surface area contributed by atoms with Crippen molar-refractivity contribution >= 4 is 5.97 Å². The first-order valence-corrected chi connectivity index (χ1v) is 9.33. The van der Waals surface area contributed by atoms with Gasteiger partial charge in [-0.05, 0) is 56.8 Å². The van der Waals surface area contributed by atoms with E-state index in [2.05, 4.69) is 6.92 Å². The monoisotopic (exact) mass is 338 g/mol. The Morgan fingerprint density at radius 1 is 1.08 bits per heavy atom. The molecule has 24 heavy (non-hydrogen) atoms. The molecule has 1 heterocycles. The summed E-state index contributed by atoms with van der Waals surface area (Å²) < 4.78 is 5.33. The van der Waals surface area contributed by atoms with Crippen LogP contribution in [0.15, 0.2) is 0 Å². The Labute approximate surface area is 143 Å². The zero-order valence-electron chi connectivity index (χ0n) is 14.9. The van der Waals surface area contributed by atoms with Crippen molar-refractivity contribution in [2.75, 3.05) is 6.61 Å². The molecule has 3 aliphatic carbocycles. The number of aliphatic hydroxyl groups is 3. The fourth-order valence-electron chi connectivity index (χ4n) is 6.92. The Kier molecular flexibility index (Phi) is 3.32. The van der Waals surface area contributed by atoms with Crippen molar-refractivity contribution in [3.8, 4) is 0 Å². The first kappa shape index (κ1) is 16.8. The molecular formula is C19H30O5. The fraction of sp³-hybridized carbons (Fsp3) is 0.947. The third kappa shape index (κ3) is 1.84. The average Bonchev–Trinajstić information content (AvgIpc) is 2.70. The number of hydrogen-bond acceptors (Lipinski definition) is 5. The maximum Gasteiger partial charge on any atom is 0.308 e. The summed E-state index contributed by atoms with van der Waals surface area (Å²) in [7, 11) is 0. The summed E-state index contributed by atoms with van der Waals surface area (Å²) in [5.74, 6) is 0.179. The molecule has 4 fully saturated rings. The quantitative estimate of drug-likeness (QED) is 0.584. The molecule has 5 nitrogen and oxygen atoms in total. The molecule has 4 rings (SSSR count). The summed E-state index contributed by atoms with van der Waals surface area (Å²) in [6, 6.07) is 0. The number of rotatable bonds is 0. The first-order chi connectivity index (χ1) is 11.0. The minimum atomic E-state index is -1.08. The molecule has 0 bridgehead atoms. The van der Waals surface area contributed by atoms with Gasteiger partial charge in [0.2, 0.25) is 0 Å². The second-order valence-electron chi connectivity index (χ2n) is 9.62. The van der Waals surface area contributed by atoms with Gasteiger partial charge in [-0.25, -0.2) is 0 Å². The molecule has 0 aromatic rings. The van der Waals surface area contributed by atoms with Gasteiger partial charge in [0.25, 0.3) is 0 Å². The van der Waals surface area contributed by atoms with Gasteiger partial charge in [-0.3, -0.25) is 4.79 Å². The Bertz CT molecular complexity index is 574. The number of esters is 1. The molecule has 3 saturated carbocycles. The number of ether oxygens (including phenoxy) is 1. The normalized spacial score (nSPS) is 60.0. The summed E-state index contributed by atoms with van der Waals surface area (Å²) in [6.07, 6.45) is 3.09. The zero-order chi connectivity index (χ0) is 17.5. The Balaban J connectivity index is 1.74. The van der Waals surface area contributed by atoms with E-state index >= 15 is 0 Å². The predicted molar refractivity (Wildman–Crippen MR) is 86.9 cm³/mol. The van der Waals surface area contributed by atoms with E-state index in [0.29, 0.717) is 18.8 Å². The number of cyclic esters (lactones) is 1. The largest absolute Gasteiger partial charge is 0.465 e. The van der Waals surface area contributed by atoms with Crippen LogP contribution in [-0.4, -0.2) is 45.2 Å². The van der Waals surface area contributed by atoms with Gasteiger partial charge in [-0.2, -0.15) is 0 Å². The topological polar surface area (TPSA) is 87.0 Å². The lowest BCUT2D eigenvalue weighted by Crippen LogP contribution is -2.68. The summed E-state index contributed by atoms with van der Waals surface area (Å²) in [5.41, 5.74) is -2.74. The molecule has 3 N–H and O–H groups in total. The highest BCUT2D eigenvalue weighted by Crippen LogP contribution is 2.67. The fourth-order valence-corrected chi connectivity index (χ4v) is 6.92. The summed E-state index contributed by atoms with van der Waals surface area (Å²) >= 11 is 0. The lowest BCUT2D eigenvalue weighted by atomic mass is 9.44. The van der Waals surface area contributed by atoms with Crippen LogP contribution in [0.4, 0.5) is 0 Å². The van der Waals surface area contributed by atoms with Crippen molar-refractivity contribution in [3.63, 3.8) is 0 Å². The van der Waals surface area contributed by atoms with Crippen LogP contribution in [0.25, 0.3) is 0 Å². The number of carbonyl (C=O) groups is 1. The number of hydrogen-bond donors (Lipinski definition) is 3. The second kappa shape index (κ2) is 4.74. The summed E-state index contributed by atoms with van der Waals surface area (Å²) in [4.78, 5) is 11.7. The van der Waals surface area contributed by atoms with Crippen LogP contribution in [0.2, 0.25) is 0 Å². The molecule has 1 saturated heterocycles. The van der Waals surface area contributed by atoms with Crippen LogP contribution in [0, 0.1) is 28.6 Å². The molecule has 0 spiro atoms. The van der Waals surface area contributed by atoms with E-state index in [1.54, 1.807) is 0 Å². The van der Waals surface area contributed by atoms with Gasteiger partial charge in [0, 0.05) is 10.8 Å². The van der Waals surface area contributed by atoms with E-state index in [-0.39, 0.29) is 36.2 Å². The Morgan fingerprint density at radius 2 is 1.79 bits per heavy atom. The van der Waals surface area contributed by atoms with Crippen molar-refractivity contribution < 1.29 is 24.9 Å². The molecule has 0 amide bonds. The van der Waals surface area contributed by atoms with Crippen molar-refractivity contribution in [2.24, 2.45) is 28.6 Å². The summed E-state index contributed by atoms with van der Waals surface area (Å²) in [5, 5.41) is 33.2. The second-order valence-corrected chi connectivity index (χ2v) is 9.62. The van der Waals surface area contributed by atoms with Crippen molar-refractivity contribution in [1.82, 2.24) is 0 Å². The van der Waals surface area contributed by atoms with Crippen LogP contribution in [0.3, 0.4) is 0 Å². The Morgan fingerprint density at radius 3 is 2.50 bits per heavy atom. The minimum Gasteiger partial charge on any atom is -0.465 e. The van der Waals surface area contributed by atoms with E-state index in [1.165, 1.54) is 0 Å². The lowest BCUT2D eigenvalue weighted by molar-refractivity contribution is -0.260. The highest BCUT2D eigenvalue weighted by atomic mass is 16.5. The molecule has 4 aliphatic rings. The van der Waals surface area contributed by atoms with Gasteiger partial charge in [0.05, 0.1) is 30.3 Å². The van der Waals surface area contributed by atoms with Gasteiger partial charge in [0.1, 0.15) is 0 Å². The van der Waals surface area contributed by atoms with E-state index in [0.717, 1.165) is 19.3 Å². The van der Waals surface area contributed by atoms with Gasteiger partial charge >= 0.3 is 5.97 Å². The maximum atomic E-state index is 11.7. The zero-order valence-corrected chi connectivity index (χ0v) is 14.9. The van der Waals surface area contributed by atoms with Crippen molar-refractivity contribution in [1.29, 1.82) is 0 Å². The SMILES string of the molecule is C[C@]1(O)CC[C@H]2[C@@H]3CC[C@@]4(O)CC(=O)OC[C@]4(C)[C@H]3[C@@H](O)C[C@@]21C. The molecule has 0 aromatic carbocycles. The molecule has 8 atom stereocenters. The third-order valence-electron chi connectivity index (χ3n) is 8.68. The van der Waals surface area contributed by atoms with E-state index < -0.39 is 22.7 Å². The predicted octanol–water partition coefficient (Wildman–Crippen LogP) is 1.63. The summed E-state index contributed by atoms with van der Waals surface area (Å²) in [6.45, 7) is 6.19. The van der Waals surface area contributed by atoms with Gasteiger partial charge in [0.15, 0.2) is 0 Å². The molecule has 0 unspecified atom stereocenters. The molecule has 0 radical (unpaired) electrons. The first-order valence-electron chi connectivity index (χ1n) is 9.33.